The number of nitrogens with two attached hydrogens (primary N) is 2. The summed E-state index contributed by atoms with van der Waals surface area (Å²) in [6.45, 7) is 2.44. The first-order chi connectivity index (χ1) is 12.4. The molecular formula is C19H22N6O. The van der Waals surface area contributed by atoms with Gasteiger partial charge in [0.2, 0.25) is 0 Å². The Morgan fingerprint density at radius 3 is 1.42 bits per heavy atom. The lowest BCUT2D eigenvalue weighted by atomic mass is 10.1. The molecular weight excluding hydrogens is 328 g/mol. The second kappa shape index (κ2) is 7.26. The van der Waals surface area contributed by atoms with E-state index in [2.05, 4.69) is 0 Å². The number of carbonyl (C=O) groups excluding carboxylic acids is 1. The van der Waals surface area contributed by atoms with Crippen molar-refractivity contribution in [3.05, 3.63) is 70.8 Å². The van der Waals surface area contributed by atoms with Crippen LogP contribution in [-0.4, -0.2) is 40.6 Å². The number of urea groups is 1. The number of hydrogen-bond acceptors (Lipinski definition) is 3. The molecule has 3 rings (SSSR count). The lowest BCUT2D eigenvalue weighted by Gasteiger charge is -2.19. The Hall–Kier alpha value is -3.35. The summed E-state index contributed by atoms with van der Waals surface area (Å²) in [5, 5.41) is 14.8. The highest BCUT2D eigenvalue weighted by Crippen LogP contribution is 2.17. The fraction of sp³-hybridized carbons (Fsp3) is 0.211. The Morgan fingerprint density at radius 2 is 1.12 bits per heavy atom. The van der Waals surface area contributed by atoms with Crippen LogP contribution in [0.15, 0.2) is 48.5 Å². The van der Waals surface area contributed by atoms with Gasteiger partial charge < -0.3 is 21.3 Å². The molecule has 0 bridgehead atoms. The maximum Gasteiger partial charge on any atom is 0.320 e. The van der Waals surface area contributed by atoms with Crippen LogP contribution in [0.1, 0.15) is 22.3 Å². The Balaban J connectivity index is 1.60. The first kappa shape index (κ1) is 17.5. The van der Waals surface area contributed by atoms with E-state index < -0.39 is 0 Å². The fourth-order valence-corrected chi connectivity index (χ4v) is 2.95. The maximum atomic E-state index is 12.6. The first-order valence-electron chi connectivity index (χ1n) is 8.34. The summed E-state index contributed by atoms with van der Waals surface area (Å²) in [6.07, 6.45) is 0. The summed E-state index contributed by atoms with van der Waals surface area (Å²) in [7, 11) is 0. The van der Waals surface area contributed by atoms with Crippen LogP contribution in [0.3, 0.4) is 0 Å². The highest BCUT2D eigenvalue weighted by molar-refractivity contribution is 5.95. The number of nitrogens with one attached hydrogen (secondary N) is 2. The van der Waals surface area contributed by atoms with Gasteiger partial charge in [-0.25, -0.2) is 4.79 Å². The molecule has 1 aliphatic heterocycles. The van der Waals surface area contributed by atoms with Crippen molar-refractivity contribution in [3.8, 4) is 0 Å². The van der Waals surface area contributed by atoms with Gasteiger partial charge in [0.05, 0.1) is 0 Å². The molecule has 0 aromatic heterocycles. The number of carbonyl (C=O) groups is 1. The van der Waals surface area contributed by atoms with Crippen LogP contribution in [0.25, 0.3) is 0 Å². The van der Waals surface area contributed by atoms with E-state index in [0.717, 1.165) is 11.1 Å². The lowest BCUT2D eigenvalue weighted by molar-refractivity contribution is 0.189. The van der Waals surface area contributed by atoms with Crippen molar-refractivity contribution in [1.29, 1.82) is 10.8 Å². The Labute approximate surface area is 152 Å². The van der Waals surface area contributed by atoms with E-state index in [1.54, 1.807) is 24.3 Å². The molecule has 1 saturated heterocycles. The van der Waals surface area contributed by atoms with Crippen LogP contribution in [-0.2, 0) is 13.1 Å². The highest BCUT2D eigenvalue weighted by atomic mass is 16.2. The first-order valence-corrected chi connectivity index (χ1v) is 8.34. The summed E-state index contributed by atoms with van der Waals surface area (Å²) in [5.74, 6) is 0.0755. The minimum atomic E-state index is 0.0105. The third kappa shape index (κ3) is 3.83. The van der Waals surface area contributed by atoms with Crippen LogP contribution in [0.4, 0.5) is 4.79 Å². The minimum Gasteiger partial charge on any atom is -0.384 e. The van der Waals surface area contributed by atoms with E-state index in [9.17, 15) is 4.79 Å². The summed E-state index contributed by atoms with van der Waals surface area (Å²) < 4.78 is 0. The van der Waals surface area contributed by atoms with Crippen molar-refractivity contribution < 1.29 is 4.79 Å². The lowest BCUT2D eigenvalue weighted by Crippen LogP contribution is -2.31. The maximum absolute atomic E-state index is 12.6. The van der Waals surface area contributed by atoms with Crippen LogP contribution in [0.2, 0.25) is 0 Å². The average Bonchev–Trinajstić information content (AvgIpc) is 2.96. The standard InChI is InChI=1S/C19H22N6O/c20-17(21)15-5-1-13(2-6-15)11-24-9-10-25(19(24)26)12-14-3-7-16(8-4-14)18(22)23/h1-8H,9-12H2,(H3,20,21)(H3,22,23). The van der Waals surface area contributed by atoms with Crippen molar-refractivity contribution in [2.75, 3.05) is 13.1 Å². The molecule has 26 heavy (non-hydrogen) atoms. The Morgan fingerprint density at radius 1 is 0.769 bits per heavy atom. The highest BCUT2D eigenvalue weighted by Gasteiger charge is 2.28. The second-order valence-corrected chi connectivity index (χ2v) is 6.35. The van der Waals surface area contributed by atoms with Crippen molar-refractivity contribution in [1.82, 2.24) is 9.80 Å². The molecule has 7 heteroatoms. The van der Waals surface area contributed by atoms with Gasteiger partial charge in [-0.15, -0.1) is 0 Å². The molecule has 134 valence electrons. The summed E-state index contributed by atoms with van der Waals surface area (Å²) in [5.41, 5.74) is 14.3. The number of nitrogens with zero attached hydrogens (tertiary/aromatic N) is 2. The van der Waals surface area contributed by atoms with Crippen LogP contribution < -0.4 is 11.5 Å². The largest absolute Gasteiger partial charge is 0.384 e. The molecule has 2 amide bonds. The zero-order valence-electron chi connectivity index (χ0n) is 14.4. The third-order valence-electron chi connectivity index (χ3n) is 4.46. The van der Waals surface area contributed by atoms with Gasteiger partial charge in [-0.05, 0) is 11.1 Å². The van der Waals surface area contributed by atoms with Crippen molar-refractivity contribution in [3.63, 3.8) is 0 Å². The van der Waals surface area contributed by atoms with Gasteiger partial charge in [0.15, 0.2) is 0 Å². The molecule has 0 aliphatic carbocycles. The van der Waals surface area contributed by atoms with Crippen LogP contribution in [0.5, 0.6) is 0 Å². The predicted molar refractivity (Wildman–Crippen MR) is 101 cm³/mol. The average molecular weight is 350 g/mol. The summed E-state index contributed by atoms with van der Waals surface area (Å²) in [4.78, 5) is 16.2. The molecule has 1 aliphatic rings. The number of amides is 2. The minimum absolute atomic E-state index is 0.0105. The number of nitrogen functional groups attached to an aromatic ring is 2. The van der Waals surface area contributed by atoms with Gasteiger partial charge in [-0.3, -0.25) is 10.8 Å². The monoisotopic (exact) mass is 350 g/mol. The molecule has 0 saturated carbocycles. The van der Waals surface area contributed by atoms with E-state index in [-0.39, 0.29) is 17.7 Å². The normalized spacial score (nSPS) is 13.9. The van der Waals surface area contributed by atoms with Gasteiger partial charge in [0.25, 0.3) is 0 Å². The number of hydrogen-bond donors (Lipinski definition) is 4. The van der Waals surface area contributed by atoms with Crippen molar-refractivity contribution >= 4 is 17.7 Å². The molecule has 6 N–H and O–H groups in total. The fourth-order valence-electron chi connectivity index (χ4n) is 2.95. The van der Waals surface area contributed by atoms with Crippen LogP contribution in [0, 0.1) is 10.8 Å². The topological polar surface area (TPSA) is 123 Å². The SMILES string of the molecule is N=C(N)c1ccc(CN2CCN(Cc3ccc(C(=N)N)cc3)C2=O)cc1. The van der Waals surface area contributed by atoms with Crippen molar-refractivity contribution in [2.45, 2.75) is 13.1 Å². The number of rotatable bonds is 6. The molecule has 0 atom stereocenters. The Bertz CT molecular complexity index is 759. The number of benzene rings is 2. The Kier molecular flexibility index (Phi) is 4.88. The van der Waals surface area contributed by atoms with E-state index in [1.165, 1.54) is 0 Å². The third-order valence-corrected chi connectivity index (χ3v) is 4.46. The molecule has 0 spiro atoms. The van der Waals surface area contributed by atoms with Gasteiger partial charge in [-0.1, -0.05) is 48.5 Å². The van der Waals surface area contributed by atoms with Gasteiger partial charge in [0, 0.05) is 37.3 Å². The van der Waals surface area contributed by atoms with Crippen LogP contribution >= 0.6 is 0 Å². The molecule has 0 radical (unpaired) electrons. The smallest absolute Gasteiger partial charge is 0.320 e. The van der Waals surface area contributed by atoms with E-state index in [4.69, 9.17) is 22.3 Å². The molecule has 1 fully saturated rings. The van der Waals surface area contributed by atoms with E-state index in [0.29, 0.717) is 37.3 Å². The molecule has 1 heterocycles. The van der Waals surface area contributed by atoms with E-state index in [1.807, 2.05) is 34.1 Å². The predicted octanol–water partition coefficient (Wildman–Crippen LogP) is 1.69. The van der Waals surface area contributed by atoms with Gasteiger partial charge >= 0.3 is 6.03 Å². The quantitative estimate of drug-likeness (QED) is 0.468. The van der Waals surface area contributed by atoms with Gasteiger partial charge in [-0.2, -0.15) is 0 Å². The summed E-state index contributed by atoms with van der Waals surface area (Å²) >= 11 is 0. The molecule has 0 unspecified atom stereocenters. The second-order valence-electron chi connectivity index (χ2n) is 6.35. The van der Waals surface area contributed by atoms with Crippen molar-refractivity contribution in [2.24, 2.45) is 11.5 Å². The summed E-state index contributed by atoms with van der Waals surface area (Å²) in [6, 6.07) is 14.8. The van der Waals surface area contributed by atoms with Gasteiger partial charge in [0.1, 0.15) is 11.7 Å². The number of amidine groups is 2. The van der Waals surface area contributed by atoms with E-state index >= 15 is 0 Å². The molecule has 2 aromatic rings. The molecule has 2 aromatic carbocycles. The zero-order valence-corrected chi connectivity index (χ0v) is 14.4. The molecule has 7 nitrogen and oxygen atoms in total. The zero-order chi connectivity index (χ0) is 18.7.